The lowest BCUT2D eigenvalue weighted by molar-refractivity contribution is 0.0818. The topological polar surface area (TPSA) is 20.3 Å². The van der Waals surface area contributed by atoms with Crippen LogP contribution >= 0.6 is 0 Å². The van der Waals surface area contributed by atoms with E-state index >= 15 is 0 Å². The van der Waals surface area contributed by atoms with Crippen LogP contribution in [0.5, 0.6) is 0 Å². The smallest absolute Gasteiger partial charge is 0.179 e. The molecule has 0 amide bonds. The Kier molecular flexibility index (Phi) is 4.77. The second kappa shape index (κ2) is 6.22. The summed E-state index contributed by atoms with van der Waals surface area (Å²) in [7, 11) is 0. The second-order valence-electron chi connectivity index (χ2n) is 6.96. The van der Waals surface area contributed by atoms with Crippen molar-refractivity contribution < 1.29 is 13.6 Å². The standard InChI is InChI=1S/C17H23F2NO/c1-17(2,3)12-6-8-20(9-7-12)11-16(21)14-10-13(18)4-5-15(14)19/h4-5,10,12H,6-9,11H2,1-3H3. The van der Waals surface area contributed by atoms with E-state index < -0.39 is 11.6 Å². The Balaban J connectivity index is 1.94. The van der Waals surface area contributed by atoms with Crippen LogP contribution in [0.2, 0.25) is 0 Å². The van der Waals surface area contributed by atoms with Crippen molar-refractivity contribution in [1.82, 2.24) is 4.90 Å². The van der Waals surface area contributed by atoms with Crippen molar-refractivity contribution in [1.29, 1.82) is 0 Å². The molecule has 0 radical (unpaired) electrons. The fraction of sp³-hybridized carbons (Fsp3) is 0.588. The maximum absolute atomic E-state index is 13.6. The number of carbonyl (C=O) groups excluding carboxylic acids is 1. The average Bonchev–Trinajstić information content (AvgIpc) is 2.41. The average molecular weight is 295 g/mol. The third-order valence-electron chi connectivity index (χ3n) is 4.41. The van der Waals surface area contributed by atoms with E-state index in [1.165, 1.54) is 0 Å². The van der Waals surface area contributed by atoms with Gasteiger partial charge in [0.25, 0.3) is 0 Å². The number of halogens is 2. The van der Waals surface area contributed by atoms with Gasteiger partial charge in [0.05, 0.1) is 12.1 Å². The van der Waals surface area contributed by atoms with Gasteiger partial charge < -0.3 is 0 Å². The number of nitrogens with zero attached hydrogens (tertiary/aromatic N) is 1. The third-order valence-corrected chi connectivity index (χ3v) is 4.41. The van der Waals surface area contributed by atoms with Gasteiger partial charge in [-0.1, -0.05) is 20.8 Å². The van der Waals surface area contributed by atoms with E-state index in [1.807, 2.05) is 4.90 Å². The van der Waals surface area contributed by atoms with Gasteiger partial charge in [-0.25, -0.2) is 8.78 Å². The molecule has 2 rings (SSSR count). The summed E-state index contributed by atoms with van der Waals surface area (Å²) in [6.07, 6.45) is 2.09. The first-order valence-corrected chi connectivity index (χ1v) is 7.48. The lowest BCUT2D eigenvalue weighted by Gasteiger charge is -2.38. The molecule has 0 unspecified atom stereocenters. The Morgan fingerprint density at radius 2 is 1.86 bits per heavy atom. The summed E-state index contributed by atoms with van der Waals surface area (Å²) in [5, 5.41) is 0. The van der Waals surface area contributed by atoms with Crippen LogP contribution in [0.3, 0.4) is 0 Å². The van der Waals surface area contributed by atoms with Crippen molar-refractivity contribution in [2.45, 2.75) is 33.6 Å². The molecule has 0 saturated carbocycles. The molecule has 0 bridgehead atoms. The van der Waals surface area contributed by atoms with Gasteiger partial charge >= 0.3 is 0 Å². The highest BCUT2D eigenvalue weighted by Crippen LogP contribution is 2.34. The highest BCUT2D eigenvalue weighted by molar-refractivity contribution is 5.97. The normalized spacial score (nSPS) is 18.0. The molecular weight excluding hydrogens is 272 g/mol. The highest BCUT2D eigenvalue weighted by Gasteiger charge is 2.29. The zero-order valence-corrected chi connectivity index (χ0v) is 13.0. The molecule has 1 saturated heterocycles. The van der Waals surface area contributed by atoms with Crippen molar-refractivity contribution in [3.8, 4) is 0 Å². The van der Waals surface area contributed by atoms with Gasteiger partial charge in [0.1, 0.15) is 11.6 Å². The van der Waals surface area contributed by atoms with Gasteiger partial charge in [-0.3, -0.25) is 9.69 Å². The molecular formula is C17H23F2NO. The van der Waals surface area contributed by atoms with Crippen LogP contribution in [0.25, 0.3) is 0 Å². The van der Waals surface area contributed by atoms with E-state index in [-0.39, 0.29) is 23.3 Å². The molecule has 2 nitrogen and oxygen atoms in total. The Morgan fingerprint density at radius 1 is 1.24 bits per heavy atom. The Morgan fingerprint density at radius 3 is 2.43 bits per heavy atom. The van der Waals surface area contributed by atoms with E-state index in [0.29, 0.717) is 5.92 Å². The molecule has 21 heavy (non-hydrogen) atoms. The highest BCUT2D eigenvalue weighted by atomic mass is 19.1. The van der Waals surface area contributed by atoms with E-state index in [4.69, 9.17) is 0 Å². The molecule has 0 aromatic heterocycles. The van der Waals surface area contributed by atoms with E-state index in [9.17, 15) is 13.6 Å². The molecule has 116 valence electrons. The Hall–Kier alpha value is -1.29. The van der Waals surface area contributed by atoms with Crippen molar-refractivity contribution in [2.75, 3.05) is 19.6 Å². The summed E-state index contributed by atoms with van der Waals surface area (Å²) in [5.41, 5.74) is 0.137. The van der Waals surface area contributed by atoms with E-state index in [0.717, 1.165) is 44.1 Å². The lowest BCUT2D eigenvalue weighted by Crippen LogP contribution is -2.40. The van der Waals surface area contributed by atoms with Crippen molar-refractivity contribution in [3.05, 3.63) is 35.4 Å². The van der Waals surface area contributed by atoms with Gasteiger partial charge in [0.2, 0.25) is 0 Å². The largest absolute Gasteiger partial charge is 0.296 e. The second-order valence-corrected chi connectivity index (χ2v) is 6.96. The fourth-order valence-electron chi connectivity index (χ4n) is 2.96. The van der Waals surface area contributed by atoms with Crippen LogP contribution < -0.4 is 0 Å². The number of hydrogen-bond acceptors (Lipinski definition) is 2. The van der Waals surface area contributed by atoms with Crippen molar-refractivity contribution in [3.63, 3.8) is 0 Å². The van der Waals surface area contributed by atoms with Crippen LogP contribution in [0.15, 0.2) is 18.2 Å². The molecule has 1 fully saturated rings. The number of ketones is 1. The fourth-order valence-corrected chi connectivity index (χ4v) is 2.96. The molecule has 0 aliphatic carbocycles. The van der Waals surface area contributed by atoms with Crippen LogP contribution in [0, 0.1) is 23.0 Å². The first-order valence-electron chi connectivity index (χ1n) is 7.48. The summed E-state index contributed by atoms with van der Waals surface area (Å²) in [6, 6.07) is 3.02. The minimum atomic E-state index is -0.647. The van der Waals surface area contributed by atoms with Crippen molar-refractivity contribution in [2.24, 2.45) is 11.3 Å². The number of likely N-dealkylation sites (tertiary alicyclic amines) is 1. The zero-order valence-electron chi connectivity index (χ0n) is 13.0. The quantitative estimate of drug-likeness (QED) is 0.788. The SMILES string of the molecule is CC(C)(C)C1CCN(CC(=O)c2cc(F)ccc2F)CC1. The van der Waals surface area contributed by atoms with Gasteiger partial charge in [-0.15, -0.1) is 0 Å². The molecule has 0 spiro atoms. The van der Waals surface area contributed by atoms with E-state index in [1.54, 1.807) is 0 Å². The first kappa shape index (κ1) is 16.1. The molecule has 1 aromatic carbocycles. The molecule has 1 aliphatic rings. The zero-order chi connectivity index (χ0) is 15.6. The minimum absolute atomic E-state index is 0.145. The molecule has 0 atom stereocenters. The maximum Gasteiger partial charge on any atom is 0.179 e. The summed E-state index contributed by atoms with van der Waals surface area (Å²) in [5.74, 6) is -0.923. The summed E-state index contributed by atoms with van der Waals surface area (Å²) < 4.78 is 26.7. The van der Waals surface area contributed by atoms with Crippen LogP contribution in [0.4, 0.5) is 8.78 Å². The predicted octanol–water partition coefficient (Wildman–Crippen LogP) is 3.91. The summed E-state index contributed by atoms with van der Waals surface area (Å²) in [6.45, 7) is 8.55. The summed E-state index contributed by atoms with van der Waals surface area (Å²) in [4.78, 5) is 14.2. The Bertz CT molecular complexity index is 514. The number of Topliss-reactive ketones (excluding diaryl/α,β-unsaturated/α-hetero) is 1. The van der Waals surface area contributed by atoms with Gasteiger partial charge in [-0.2, -0.15) is 0 Å². The van der Waals surface area contributed by atoms with Gasteiger partial charge in [-0.05, 0) is 55.5 Å². The Labute approximate surface area is 125 Å². The third kappa shape index (κ3) is 4.10. The monoisotopic (exact) mass is 295 g/mol. The van der Waals surface area contributed by atoms with Crippen molar-refractivity contribution >= 4 is 5.78 Å². The summed E-state index contributed by atoms with van der Waals surface area (Å²) >= 11 is 0. The first-order chi connectivity index (χ1) is 9.77. The molecule has 1 aliphatic heterocycles. The van der Waals surface area contributed by atoms with Crippen LogP contribution in [-0.2, 0) is 0 Å². The molecule has 0 N–H and O–H groups in total. The molecule has 1 aromatic rings. The maximum atomic E-state index is 13.6. The van der Waals surface area contributed by atoms with E-state index in [2.05, 4.69) is 20.8 Å². The minimum Gasteiger partial charge on any atom is -0.296 e. The number of carbonyl (C=O) groups is 1. The number of benzene rings is 1. The van der Waals surface area contributed by atoms with Crippen LogP contribution in [0.1, 0.15) is 44.0 Å². The lowest BCUT2D eigenvalue weighted by atomic mass is 9.75. The van der Waals surface area contributed by atoms with Gasteiger partial charge in [0, 0.05) is 0 Å². The molecule has 1 heterocycles. The predicted molar refractivity (Wildman–Crippen MR) is 79.3 cm³/mol. The number of rotatable bonds is 3. The van der Waals surface area contributed by atoms with Gasteiger partial charge in [0.15, 0.2) is 5.78 Å². The number of piperidine rings is 1. The number of hydrogen-bond donors (Lipinski definition) is 0. The van der Waals surface area contributed by atoms with Crippen LogP contribution in [-0.4, -0.2) is 30.3 Å². The molecule has 4 heteroatoms.